The molecule has 5 nitrogen and oxygen atoms in total. The predicted molar refractivity (Wildman–Crippen MR) is 58.1 cm³/mol. The molecule has 0 aromatic rings. The Hall–Kier alpha value is -1.26. The number of hydrogen-bond donors (Lipinski definition) is 2. The van der Waals surface area contributed by atoms with Crippen LogP contribution in [0.25, 0.3) is 0 Å². The molecule has 0 saturated heterocycles. The zero-order chi connectivity index (χ0) is 12.0. The van der Waals surface area contributed by atoms with Gasteiger partial charge < -0.3 is 15.2 Å². The molecule has 1 saturated carbocycles. The average molecular weight is 229 g/mol. The molecule has 16 heavy (non-hydrogen) atoms. The van der Waals surface area contributed by atoms with E-state index in [0.29, 0.717) is 19.6 Å². The van der Waals surface area contributed by atoms with Crippen molar-refractivity contribution in [3.8, 4) is 0 Å². The van der Waals surface area contributed by atoms with Gasteiger partial charge in [-0.1, -0.05) is 12.8 Å². The van der Waals surface area contributed by atoms with Crippen LogP contribution in [0.4, 0.5) is 4.79 Å². The summed E-state index contributed by atoms with van der Waals surface area (Å²) in [5, 5.41) is 11.6. The van der Waals surface area contributed by atoms with E-state index >= 15 is 0 Å². The van der Waals surface area contributed by atoms with Crippen molar-refractivity contribution in [3.63, 3.8) is 0 Å². The fourth-order valence-electron chi connectivity index (χ4n) is 2.17. The molecule has 0 radical (unpaired) electrons. The third-order valence-electron chi connectivity index (χ3n) is 3.01. The van der Waals surface area contributed by atoms with Gasteiger partial charge in [-0.2, -0.15) is 0 Å². The molecule has 0 heterocycles. The largest absolute Gasteiger partial charge is 0.481 e. The lowest BCUT2D eigenvalue weighted by atomic mass is 9.79. The third kappa shape index (κ3) is 3.72. The Morgan fingerprint density at radius 1 is 1.38 bits per heavy atom. The van der Waals surface area contributed by atoms with Gasteiger partial charge in [0.05, 0.1) is 12.5 Å². The van der Waals surface area contributed by atoms with Crippen molar-refractivity contribution >= 4 is 12.1 Å². The molecule has 5 heteroatoms. The Kier molecular flexibility index (Phi) is 5.08. The van der Waals surface area contributed by atoms with Crippen LogP contribution in [0.5, 0.6) is 0 Å². The van der Waals surface area contributed by atoms with Gasteiger partial charge in [0.1, 0.15) is 0 Å². The summed E-state index contributed by atoms with van der Waals surface area (Å²) in [6.45, 7) is 2.47. The van der Waals surface area contributed by atoms with E-state index in [4.69, 9.17) is 9.84 Å². The number of rotatable bonds is 4. The molecule has 0 bridgehead atoms. The highest BCUT2D eigenvalue weighted by atomic mass is 16.5. The number of aliphatic carboxylic acids is 1. The van der Waals surface area contributed by atoms with Gasteiger partial charge in [-0.3, -0.25) is 4.79 Å². The van der Waals surface area contributed by atoms with Crippen LogP contribution in [0.1, 0.15) is 32.6 Å². The Morgan fingerprint density at radius 3 is 2.69 bits per heavy atom. The van der Waals surface area contributed by atoms with Crippen molar-refractivity contribution < 1.29 is 19.4 Å². The van der Waals surface area contributed by atoms with Crippen molar-refractivity contribution in [3.05, 3.63) is 0 Å². The van der Waals surface area contributed by atoms with Crippen LogP contribution in [0.15, 0.2) is 0 Å². The highest BCUT2D eigenvalue weighted by Crippen LogP contribution is 2.29. The van der Waals surface area contributed by atoms with Crippen LogP contribution in [0.2, 0.25) is 0 Å². The number of nitrogens with one attached hydrogen (secondary N) is 1. The SMILES string of the molecule is CCOC(=O)NCC1CCCCC1C(=O)O. The normalized spacial score (nSPS) is 24.8. The van der Waals surface area contributed by atoms with Gasteiger partial charge in [0.2, 0.25) is 0 Å². The summed E-state index contributed by atoms with van der Waals surface area (Å²) in [5.41, 5.74) is 0. The fourth-order valence-corrected chi connectivity index (χ4v) is 2.17. The molecule has 1 aliphatic carbocycles. The summed E-state index contributed by atoms with van der Waals surface area (Å²) in [7, 11) is 0. The number of carbonyl (C=O) groups is 2. The lowest BCUT2D eigenvalue weighted by molar-refractivity contribution is -0.144. The molecule has 1 aliphatic rings. The standard InChI is InChI=1S/C11H19NO4/c1-2-16-11(15)12-7-8-5-3-4-6-9(8)10(13)14/h8-9H,2-7H2,1H3,(H,12,15)(H,13,14). The zero-order valence-electron chi connectivity index (χ0n) is 9.57. The molecule has 0 spiro atoms. The number of amides is 1. The number of ether oxygens (including phenoxy) is 1. The molecule has 2 N–H and O–H groups in total. The van der Waals surface area contributed by atoms with E-state index in [0.717, 1.165) is 19.3 Å². The van der Waals surface area contributed by atoms with Gasteiger partial charge in [0.15, 0.2) is 0 Å². The summed E-state index contributed by atoms with van der Waals surface area (Å²) in [5.74, 6) is -1.04. The molecule has 1 fully saturated rings. The van der Waals surface area contributed by atoms with E-state index in [9.17, 15) is 9.59 Å². The quantitative estimate of drug-likeness (QED) is 0.768. The van der Waals surface area contributed by atoms with Crippen LogP contribution in [0.3, 0.4) is 0 Å². The van der Waals surface area contributed by atoms with Crippen LogP contribution < -0.4 is 5.32 Å². The molecule has 92 valence electrons. The van der Waals surface area contributed by atoms with Gasteiger partial charge in [-0.25, -0.2) is 4.79 Å². The molecular formula is C11H19NO4. The summed E-state index contributed by atoms with van der Waals surface area (Å²) in [4.78, 5) is 22.1. The minimum Gasteiger partial charge on any atom is -0.481 e. The number of alkyl carbamates (subject to hydrolysis) is 1. The minimum absolute atomic E-state index is 0.0376. The monoisotopic (exact) mass is 229 g/mol. The summed E-state index contributed by atoms with van der Waals surface area (Å²) in [6, 6.07) is 0. The second-order valence-corrected chi connectivity index (χ2v) is 4.09. The first kappa shape index (κ1) is 12.8. The van der Waals surface area contributed by atoms with E-state index in [-0.39, 0.29) is 11.8 Å². The smallest absolute Gasteiger partial charge is 0.407 e. The van der Waals surface area contributed by atoms with E-state index in [1.165, 1.54) is 0 Å². The molecule has 0 aliphatic heterocycles. The van der Waals surface area contributed by atoms with Crippen molar-refractivity contribution in [2.24, 2.45) is 11.8 Å². The molecule has 2 unspecified atom stereocenters. The van der Waals surface area contributed by atoms with Gasteiger partial charge in [0.25, 0.3) is 0 Å². The van der Waals surface area contributed by atoms with E-state index in [1.807, 2.05) is 0 Å². The number of carboxylic acids is 1. The average Bonchev–Trinajstić information content (AvgIpc) is 2.27. The van der Waals surface area contributed by atoms with Crippen molar-refractivity contribution in [2.45, 2.75) is 32.6 Å². The van der Waals surface area contributed by atoms with E-state index in [2.05, 4.69) is 5.32 Å². The maximum absolute atomic E-state index is 11.1. The molecule has 0 aromatic carbocycles. The summed E-state index contributed by atoms with van der Waals surface area (Å²) >= 11 is 0. The van der Waals surface area contributed by atoms with Crippen LogP contribution in [-0.4, -0.2) is 30.3 Å². The topological polar surface area (TPSA) is 75.6 Å². The van der Waals surface area contributed by atoms with Crippen molar-refractivity contribution in [1.29, 1.82) is 0 Å². The van der Waals surface area contributed by atoms with E-state index < -0.39 is 12.1 Å². The highest BCUT2D eigenvalue weighted by molar-refractivity contribution is 5.71. The number of carboxylic acid groups (broad SMARTS) is 1. The van der Waals surface area contributed by atoms with Crippen LogP contribution in [-0.2, 0) is 9.53 Å². The Labute approximate surface area is 95.2 Å². The molecule has 0 aromatic heterocycles. The van der Waals surface area contributed by atoms with Gasteiger partial charge in [-0.05, 0) is 25.7 Å². The fraction of sp³-hybridized carbons (Fsp3) is 0.818. The molecule has 2 atom stereocenters. The van der Waals surface area contributed by atoms with Crippen molar-refractivity contribution in [2.75, 3.05) is 13.2 Å². The van der Waals surface area contributed by atoms with Gasteiger partial charge in [-0.15, -0.1) is 0 Å². The molecule has 1 amide bonds. The minimum atomic E-state index is -0.754. The second kappa shape index (κ2) is 6.35. The Bertz CT molecular complexity index is 254. The number of carbonyl (C=O) groups excluding carboxylic acids is 1. The first-order valence-corrected chi connectivity index (χ1v) is 5.78. The molecule has 1 rings (SSSR count). The zero-order valence-corrected chi connectivity index (χ0v) is 9.57. The number of hydrogen-bond acceptors (Lipinski definition) is 3. The second-order valence-electron chi connectivity index (χ2n) is 4.09. The first-order chi connectivity index (χ1) is 7.65. The van der Waals surface area contributed by atoms with Gasteiger partial charge in [0, 0.05) is 6.54 Å². The highest BCUT2D eigenvalue weighted by Gasteiger charge is 2.30. The van der Waals surface area contributed by atoms with Gasteiger partial charge >= 0.3 is 12.1 Å². The maximum atomic E-state index is 11.1. The lowest BCUT2D eigenvalue weighted by Crippen LogP contribution is -2.37. The summed E-state index contributed by atoms with van der Waals surface area (Å²) < 4.78 is 4.73. The van der Waals surface area contributed by atoms with Crippen LogP contribution >= 0.6 is 0 Å². The maximum Gasteiger partial charge on any atom is 0.407 e. The predicted octanol–water partition coefficient (Wildman–Crippen LogP) is 1.62. The first-order valence-electron chi connectivity index (χ1n) is 5.78. The van der Waals surface area contributed by atoms with E-state index in [1.54, 1.807) is 6.92 Å². The molecular weight excluding hydrogens is 210 g/mol. The van der Waals surface area contributed by atoms with Crippen LogP contribution in [0, 0.1) is 11.8 Å². The Balaban J connectivity index is 2.38. The summed E-state index contributed by atoms with van der Waals surface area (Å²) in [6.07, 6.45) is 3.12. The van der Waals surface area contributed by atoms with Crippen molar-refractivity contribution in [1.82, 2.24) is 5.32 Å². The third-order valence-corrected chi connectivity index (χ3v) is 3.01. The lowest BCUT2D eigenvalue weighted by Gasteiger charge is -2.28. The Morgan fingerprint density at radius 2 is 2.06 bits per heavy atom.